The Bertz CT molecular complexity index is 1890. The molecule has 0 atom stereocenters. The van der Waals surface area contributed by atoms with Crippen LogP contribution in [0.1, 0.15) is 0 Å². The number of pyridine rings is 1. The molecule has 7 nitrogen and oxygen atoms in total. The van der Waals surface area contributed by atoms with E-state index in [0.29, 0.717) is 16.9 Å². The molecule has 4 heterocycles. The number of aromatic nitrogens is 5. The van der Waals surface area contributed by atoms with Crippen molar-refractivity contribution in [2.45, 2.75) is 0 Å². The normalized spacial score (nSPS) is 11.7. The summed E-state index contributed by atoms with van der Waals surface area (Å²) in [6, 6.07) is 23.4. The Kier molecular flexibility index (Phi) is 4.01. The van der Waals surface area contributed by atoms with Gasteiger partial charge in [-0.15, -0.1) is 0 Å². The van der Waals surface area contributed by atoms with Gasteiger partial charge >= 0.3 is 0 Å². The minimum atomic E-state index is -0.243. The Labute approximate surface area is 199 Å². The molecule has 0 unspecified atom stereocenters. The molecule has 7 heteroatoms. The van der Waals surface area contributed by atoms with Crippen LogP contribution in [0.4, 0.5) is 0 Å². The number of hydrogen-bond donors (Lipinski definition) is 4. The summed E-state index contributed by atoms with van der Waals surface area (Å²) in [7, 11) is 0. The fourth-order valence-corrected chi connectivity index (χ4v) is 4.87. The lowest BCUT2D eigenvalue weighted by atomic mass is 10.00. The molecule has 0 aliphatic carbocycles. The summed E-state index contributed by atoms with van der Waals surface area (Å²) in [5.41, 5.74) is 6.86. The minimum Gasteiger partial charge on any atom is -0.503 e. The number of hydrogen-bond acceptors (Lipinski definition) is 4. The van der Waals surface area contributed by atoms with Gasteiger partial charge in [-0.25, -0.2) is 4.98 Å². The summed E-state index contributed by atoms with van der Waals surface area (Å²) in [6.45, 7) is 0. The van der Waals surface area contributed by atoms with E-state index in [-0.39, 0.29) is 11.6 Å². The second-order valence-electron chi connectivity index (χ2n) is 8.50. The molecule has 0 spiro atoms. The van der Waals surface area contributed by atoms with E-state index in [0.717, 1.165) is 44.0 Å². The Morgan fingerprint density at radius 2 is 1.63 bits per heavy atom. The van der Waals surface area contributed by atoms with Gasteiger partial charge in [0.05, 0.1) is 39.8 Å². The van der Waals surface area contributed by atoms with Crippen LogP contribution >= 0.6 is 0 Å². The van der Waals surface area contributed by atoms with Gasteiger partial charge in [-0.3, -0.25) is 9.55 Å². The topological polar surface area (TPSA) is 103 Å². The number of aromatic hydroxyl groups is 2. The lowest BCUT2D eigenvalue weighted by Crippen LogP contribution is -1.98. The lowest BCUT2D eigenvalue weighted by Gasteiger charge is -2.13. The molecule has 7 aromatic rings. The zero-order valence-electron chi connectivity index (χ0n) is 18.4. The third-order valence-corrected chi connectivity index (χ3v) is 6.51. The largest absolute Gasteiger partial charge is 0.503 e. The molecule has 0 fully saturated rings. The molecule has 0 amide bonds. The number of nitrogens with zero attached hydrogens (tertiary/aromatic N) is 3. The highest BCUT2D eigenvalue weighted by molar-refractivity contribution is 6.03. The molecule has 0 aliphatic heterocycles. The smallest absolute Gasteiger partial charge is 0.240 e. The van der Waals surface area contributed by atoms with Gasteiger partial charge in [0.25, 0.3) is 0 Å². The third kappa shape index (κ3) is 2.85. The molecule has 4 N–H and O–H groups in total. The fraction of sp³-hybridized carbons (Fsp3) is 0. The predicted octanol–water partition coefficient (Wildman–Crippen LogP) is 6.13. The molecule has 168 valence electrons. The van der Waals surface area contributed by atoms with Crippen molar-refractivity contribution >= 4 is 32.8 Å². The van der Waals surface area contributed by atoms with Crippen molar-refractivity contribution in [3.8, 4) is 39.7 Å². The first kappa shape index (κ1) is 19.4. The second kappa shape index (κ2) is 7.23. The van der Waals surface area contributed by atoms with Crippen LogP contribution in [0.2, 0.25) is 0 Å². The number of para-hydroxylation sites is 2. The first-order chi connectivity index (χ1) is 17.2. The Morgan fingerprint density at radius 3 is 2.57 bits per heavy atom. The third-order valence-electron chi connectivity index (χ3n) is 6.51. The van der Waals surface area contributed by atoms with Crippen LogP contribution in [0.15, 0.2) is 91.5 Å². The first-order valence-corrected chi connectivity index (χ1v) is 11.2. The summed E-state index contributed by atoms with van der Waals surface area (Å²) in [5, 5.41) is 24.5. The maximum atomic E-state index is 11.3. The van der Waals surface area contributed by atoms with Crippen molar-refractivity contribution in [3.63, 3.8) is 0 Å². The van der Waals surface area contributed by atoms with E-state index in [4.69, 9.17) is 0 Å². The lowest BCUT2D eigenvalue weighted by molar-refractivity contribution is 0.388. The Hall–Kier alpha value is -5.04. The van der Waals surface area contributed by atoms with Crippen LogP contribution in [-0.2, 0) is 0 Å². The molecule has 0 saturated carbocycles. The zero-order valence-corrected chi connectivity index (χ0v) is 18.4. The molecule has 0 aliphatic rings. The Morgan fingerprint density at radius 1 is 0.771 bits per heavy atom. The molecule has 3 aromatic carbocycles. The maximum absolute atomic E-state index is 11.3. The number of aromatic amines is 2. The summed E-state index contributed by atoms with van der Waals surface area (Å²) in [5.74, 6) is -0.435. The number of nitrogens with one attached hydrogen (secondary N) is 2. The van der Waals surface area contributed by atoms with Crippen LogP contribution in [0.25, 0.3) is 60.9 Å². The molecule has 0 bridgehead atoms. The Balaban J connectivity index is 1.59. The van der Waals surface area contributed by atoms with Gasteiger partial charge in [0.15, 0.2) is 5.75 Å². The van der Waals surface area contributed by atoms with Gasteiger partial charge in [-0.2, -0.15) is 0 Å². The van der Waals surface area contributed by atoms with Crippen molar-refractivity contribution < 1.29 is 10.2 Å². The maximum Gasteiger partial charge on any atom is 0.240 e. The molecule has 4 aromatic heterocycles. The average molecular weight is 457 g/mol. The van der Waals surface area contributed by atoms with Crippen LogP contribution in [-0.4, -0.2) is 34.7 Å². The minimum absolute atomic E-state index is 0.192. The molecular formula is C28H19N5O2. The van der Waals surface area contributed by atoms with E-state index in [2.05, 4.69) is 19.9 Å². The molecular weight excluding hydrogens is 438 g/mol. The second-order valence-corrected chi connectivity index (χ2v) is 8.50. The highest BCUT2D eigenvalue weighted by Crippen LogP contribution is 2.50. The van der Waals surface area contributed by atoms with Crippen LogP contribution in [0.5, 0.6) is 11.6 Å². The average Bonchev–Trinajstić information content (AvgIpc) is 3.60. The SMILES string of the molecule is Oc1c(-c2c[nH]c3ccccc23)c(-c2cnc3ccccc3c2)n(-c2ccc3nc[nH]c3c2)c1O. The van der Waals surface area contributed by atoms with Gasteiger partial charge in [0.1, 0.15) is 0 Å². The summed E-state index contributed by atoms with van der Waals surface area (Å²) >= 11 is 0. The van der Waals surface area contributed by atoms with E-state index < -0.39 is 0 Å². The van der Waals surface area contributed by atoms with E-state index in [1.54, 1.807) is 17.1 Å². The molecule has 7 rings (SSSR count). The summed E-state index contributed by atoms with van der Waals surface area (Å²) < 4.78 is 1.67. The number of benzene rings is 3. The quantitative estimate of drug-likeness (QED) is 0.256. The predicted molar refractivity (Wildman–Crippen MR) is 137 cm³/mol. The summed E-state index contributed by atoms with van der Waals surface area (Å²) in [6.07, 6.45) is 5.27. The highest BCUT2D eigenvalue weighted by Gasteiger charge is 2.28. The standard InChI is InChI=1S/C28H19N5O2/c34-27-25(20-14-30-22-8-4-2-6-19(20)22)26(17-11-16-5-1-3-7-21(16)29-13-17)33(28(27)35)18-9-10-23-24(12-18)32-15-31-23/h1-15,30,34-35H,(H,31,32). The number of imidazole rings is 1. The van der Waals surface area contributed by atoms with E-state index in [9.17, 15) is 10.2 Å². The van der Waals surface area contributed by atoms with Crippen LogP contribution < -0.4 is 0 Å². The monoisotopic (exact) mass is 457 g/mol. The summed E-state index contributed by atoms with van der Waals surface area (Å²) in [4.78, 5) is 15.4. The van der Waals surface area contributed by atoms with Gasteiger partial charge in [-0.05, 0) is 36.4 Å². The van der Waals surface area contributed by atoms with Crippen molar-refractivity contribution in [2.24, 2.45) is 0 Å². The molecule has 0 saturated heterocycles. The number of rotatable bonds is 3. The molecule has 35 heavy (non-hydrogen) atoms. The van der Waals surface area contributed by atoms with Crippen molar-refractivity contribution in [1.82, 2.24) is 24.5 Å². The van der Waals surface area contributed by atoms with Crippen LogP contribution in [0.3, 0.4) is 0 Å². The van der Waals surface area contributed by atoms with Gasteiger partial charge in [0.2, 0.25) is 5.88 Å². The van der Waals surface area contributed by atoms with Gasteiger partial charge < -0.3 is 20.2 Å². The van der Waals surface area contributed by atoms with E-state index in [1.165, 1.54) is 0 Å². The number of fused-ring (bicyclic) bond motifs is 3. The van der Waals surface area contributed by atoms with Gasteiger partial charge in [0, 0.05) is 39.8 Å². The van der Waals surface area contributed by atoms with Gasteiger partial charge in [-0.1, -0.05) is 36.4 Å². The van der Waals surface area contributed by atoms with Crippen molar-refractivity contribution in [2.75, 3.05) is 0 Å². The molecule has 0 radical (unpaired) electrons. The van der Waals surface area contributed by atoms with Crippen molar-refractivity contribution in [1.29, 1.82) is 0 Å². The van der Waals surface area contributed by atoms with E-state index >= 15 is 0 Å². The highest BCUT2D eigenvalue weighted by atomic mass is 16.3. The van der Waals surface area contributed by atoms with Crippen molar-refractivity contribution in [3.05, 3.63) is 91.5 Å². The zero-order chi connectivity index (χ0) is 23.5. The number of H-pyrrole nitrogens is 2. The van der Waals surface area contributed by atoms with Crippen LogP contribution in [0, 0.1) is 0 Å². The van der Waals surface area contributed by atoms with E-state index in [1.807, 2.05) is 79.0 Å². The first-order valence-electron chi connectivity index (χ1n) is 11.2. The fourth-order valence-electron chi connectivity index (χ4n) is 4.87.